The minimum atomic E-state index is -0.567. The Morgan fingerprint density at radius 1 is 1.19 bits per heavy atom. The van der Waals surface area contributed by atoms with Crippen LogP contribution in [0, 0.1) is 0 Å². The Labute approximate surface area is 231 Å². The normalized spacial score (nSPS) is 20.9. The van der Waals surface area contributed by atoms with E-state index in [1.807, 2.05) is 32.9 Å². The molecule has 0 radical (unpaired) electrons. The van der Waals surface area contributed by atoms with Crippen LogP contribution in [0.4, 0.5) is 4.79 Å². The van der Waals surface area contributed by atoms with E-state index in [-0.39, 0.29) is 23.1 Å². The Morgan fingerprint density at radius 3 is 2.49 bits per heavy atom. The summed E-state index contributed by atoms with van der Waals surface area (Å²) in [5, 5.41) is 4.93. The number of aromatic amines is 1. The van der Waals surface area contributed by atoms with Crippen LogP contribution in [0.3, 0.4) is 0 Å². The van der Waals surface area contributed by atoms with Crippen molar-refractivity contribution in [1.82, 2.24) is 10.3 Å². The number of nitrogens with one attached hydrogen (secondary N) is 2. The molecule has 6 nitrogen and oxygen atoms in total. The van der Waals surface area contributed by atoms with Gasteiger partial charge in [0.1, 0.15) is 11.4 Å². The molecule has 1 unspecified atom stereocenters. The van der Waals surface area contributed by atoms with Gasteiger partial charge in [0.05, 0.1) is 11.1 Å². The lowest BCUT2D eigenvalue weighted by Gasteiger charge is -2.46. The number of carbonyl (C=O) groups excluding carboxylic acids is 1. The lowest BCUT2D eigenvalue weighted by Crippen LogP contribution is -2.53. The zero-order valence-corrected chi connectivity index (χ0v) is 24.0. The van der Waals surface area contributed by atoms with E-state index in [0.717, 1.165) is 42.0 Å². The van der Waals surface area contributed by atoms with Crippen LogP contribution in [0.1, 0.15) is 65.4 Å². The Kier molecular flexibility index (Phi) is 8.24. The van der Waals surface area contributed by atoms with Crippen LogP contribution in [-0.2, 0) is 10.2 Å². The van der Waals surface area contributed by atoms with E-state index in [4.69, 9.17) is 21.1 Å². The third-order valence-corrected chi connectivity index (χ3v) is 7.95. The molecule has 1 saturated carbocycles. The first kappa shape index (κ1) is 27.5. The fourth-order valence-corrected chi connectivity index (χ4v) is 5.86. The van der Waals surface area contributed by atoms with Gasteiger partial charge >= 0.3 is 6.09 Å². The number of fused-ring (bicyclic) bond motifs is 1. The highest BCUT2D eigenvalue weighted by Gasteiger charge is 2.44. The molecule has 0 bridgehead atoms. The largest absolute Gasteiger partial charge is 0.489 e. The van der Waals surface area contributed by atoms with Gasteiger partial charge in [0, 0.05) is 27.5 Å². The van der Waals surface area contributed by atoms with Crippen LogP contribution < -0.4 is 15.6 Å². The van der Waals surface area contributed by atoms with E-state index in [2.05, 4.69) is 57.4 Å². The van der Waals surface area contributed by atoms with Crippen molar-refractivity contribution in [3.63, 3.8) is 0 Å². The second kappa shape index (κ2) is 11.1. The number of hydrogen-bond acceptors (Lipinski definition) is 4. The van der Waals surface area contributed by atoms with E-state index in [1.54, 1.807) is 12.3 Å². The number of H-pyrrole nitrogens is 1. The maximum absolute atomic E-state index is 12.8. The number of carbonyl (C=O) groups is 1. The Bertz CT molecular complexity index is 1310. The lowest BCUT2D eigenvalue weighted by molar-refractivity contribution is 0.0423. The molecule has 1 aromatic heterocycles. The molecule has 0 aliphatic heterocycles. The minimum absolute atomic E-state index is 0.0282. The van der Waals surface area contributed by atoms with Crippen molar-refractivity contribution < 1.29 is 14.3 Å². The molecule has 4 rings (SSSR count). The summed E-state index contributed by atoms with van der Waals surface area (Å²) in [6, 6.07) is 13.6. The quantitative estimate of drug-likeness (QED) is 0.312. The average Bonchev–Trinajstić information content (AvgIpc) is 2.84. The van der Waals surface area contributed by atoms with E-state index in [1.165, 1.54) is 5.56 Å². The lowest BCUT2D eigenvalue weighted by atomic mass is 9.63. The fourth-order valence-electron chi connectivity index (χ4n) is 5.38. The van der Waals surface area contributed by atoms with Crippen LogP contribution in [0.2, 0.25) is 5.02 Å². The van der Waals surface area contributed by atoms with Gasteiger partial charge in [-0.25, -0.2) is 4.79 Å². The summed E-state index contributed by atoms with van der Waals surface area (Å²) in [7, 11) is 0. The number of rotatable bonds is 6. The topological polar surface area (TPSA) is 80.4 Å². The second-order valence-corrected chi connectivity index (χ2v) is 12.1. The monoisotopic (exact) mass is 588 g/mol. The van der Waals surface area contributed by atoms with Gasteiger partial charge in [0.2, 0.25) is 0 Å². The Morgan fingerprint density at radius 2 is 1.86 bits per heavy atom. The summed E-state index contributed by atoms with van der Waals surface area (Å²) in [6.07, 6.45) is 5.23. The van der Waals surface area contributed by atoms with Crippen LogP contribution in [-0.4, -0.2) is 28.8 Å². The number of benzene rings is 2. The molecular formula is C29H34BrClN2O4. The summed E-state index contributed by atoms with van der Waals surface area (Å²) >= 11 is 10.0. The smallest absolute Gasteiger partial charge is 0.407 e. The highest BCUT2D eigenvalue weighted by Crippen LogP contribution is 2.45. The summed E-state index contributed by atoms with van der Waals surface area (Å²) < 4.78 is 13.0. The fraction of sp³-hybridized carbons (Fsp3) is 0.448. The number of halogens is 2. The molecule has 3 aromatic rings. The average molecular weight is 590 g/mol. The highest BCUT2D eigenvalue weighted by atomic mass is 79.9. The minimum Gasteiger partial charge on any atom is -0.489 e. The molecule has 8 heteroatoms. The summed E-state index contributed by atoms with van der Waals surface area (Å²) in [4.78, 5) is 27.6. The molecule has 0 saturated heterocycles. The summed E-state index contributed by atoms with van der Waals surface area (Å²) in [5.41, 5.74) is 0.195. The third kappa shape index (κ3) is 6.32. The highest BCUT2D eigenvalue weighted by molar-refractivity contribution is 9.10. The molecule has 1 atom stereocenters. The van der Waals surface area contributed by atoms with Gasteiger partial charge in [-0.2, -0.15) is 0 Å². The molecule has 1 amide bonds. The first-order chi connectivity index (χ1) is 17.5. The van der Waals surface area contributed by atoms with E-state index < -0.39 is 11.7 Å². The molecule has 2 N–H and O–H groups in total. The Balaban J connectivity index is 1.57. The zero-order chi connectivity index (χ0) is 26.8. The molecule has 1 fully saturated rings. The third-order valence-electron chi connectivity index (χ3n) is 7.13. The molecular weight excluding hydrogens is 556 g/mol. The van der Waals surface area contributed by atoms with Gasteiger partial charge in [-0.15, -0.1) is 0 Å². The van der Waals surface area contributed by atoms with Gasteiger partial charge in [-0.1, -0.05) is 46.6 Å². The maximum atomic E-state index is 12.8. The van der Waals surface area contributed by atoms with Gasteiger partial charge in [0.25, 0.3) is 5.56 Å². The number of alkyl carbamates (subject to hydrolysis) is 1. The molecule has 198 valence electrons. The second-order valence-electron chi connectivity index (χ2n) is 10.8. The maximum Gasteiger partial charge on any atom is 0.407 e. The van der Waals surface area contributed by atoms with Crippen LogP contribution in [0.5, 0.6) is 5.75 Å². The molecule has 1 heterocycles. The molecule has 37 heavy (non-hydrogen) atoms. The Hall–Kier alpha value is -2.51. The van der Waals surface area contributed by atoms with Crippen molar-refractivity contribution in [3.05, 3.63) is 74.1 Å². The SMILES string of the molecule is CCC(NC(=O)OC(C)(C)C)C1(c2ccc(Br)cc2)CCC(Oc2cc3cc[nH]c(=O)c3cc2Cl)CC1. The standard InChI is InChI=1S/C29H34BrClN2O4/c1-5-25(33-27(35)37-28(2,3)4)29(19-6-8-20(30)9-7-19)13-10-21(11-14-29)36-24-16-18-12-15-32-26(34)22(18)17-23(24)31/h6-9,12,15-17,21,25H,5,10-11,13-14H2,1-4H3,(H,32,34)(H,33,35). The van der Waals surface area contributed by atoms with Gasteiger partial charge in [-0.05, 0) is 94.2 Å². The molecule has 1 aliphatic rings. The number of amides is 1. The van der Waals surface area contributed by atoms with Crippen molar-refractivity contribution in [2.75, 3.05) is 0 Å². The number of ether oxygens (including phenoxy) is 2. The summed E-state index contributed by atoms with van der Waals surface area (Å²) in [5.74, 6) is 0.583. The van der Waals surface area contributed by atoms with Crippen molar-refractivity contribution >= 4 is 44.4 Å². The predicted octanol–water partition coefficient (Wildman–Crippen LogP) is 7.51. The first-order valence-corrected chi connectivity index (χ1v) is 13.9. The van der Waals surface area contributed by atoms with Gasteiger partial charge in [0.15, 0.2) is 0 Å². The molecule has 0 spiro atoms. The van der Waals surface area contributed by atoms with Crippen molar-refractivity contribution in [3.8, 4) is 5.75 Å². The molecule has 1 aliphatic carbocycles. The number of hydrogen-bond donors (Lipinski definition) is 2. The van der Waals surface area contributed by atoms with Crippen LogP contribution in [0.15, 0.2) is 57.9 Å². The predicted molar refractivity (Wildman–Crippen MR) is 152 cm³/mol. The van der Waals surface area contributed by atoms with E-state index in [9.17, 15) is 9.59 Å². The van der Waals surface area contributed by atoms with Crippen molar-refractivity contribution in [2.24, 2.45) is 0 Å². The van der Waals surface area contributed by atoms with Crippen LogP contribution >= 0.6 is 27.5 Å². The van der Waals surface area contributed by atoms with Gasteiger partial charge in [-0.3, -0.25) is 4.79 Å². The van der Waals surface area contributed by atoms with E-state index in [0.29, 0.717) is 16.2 Å². The summed E-state index contributed by atoms with van der Waals surface area (Å²) in [6.45, 7) is 7.71. The van der Waals surface area contributed by atoms with Crippen molar-refractivity contribution in [2.45, 2.75) is 83.0 Å². The number of aromatic nitrogens is 1. The van der Waals surface area contributed by atoms with Crippen LogP contribution in [0.25, 0.3) is 10.8 Å². The number of pyridine rings is 1. The van der Waals surface area contributed by atoms with E-state index >= 15 is 0 Å². The van der Waals surface area contributed by atoms with Crippen molar-refractivity contribution in [1.29, 1.82) is 0 Å². The van der Waals surface area contributed by atoms with Gasteiger partial charge < -0.3 is 19.8 Å². The zero-order valence-electron chi connectivity index (χ0n) is 21.7. The first-order valence-electron chi connectivity index (χ1n) is 12.7. The molecule has 2 aromatic carbocycles.